The lowest BCUT2D eigenvalue weighted by Gasteiger charge is -2.17. The van der Waals surface area contributed by atoms with Crippen molar-refractivity contribution in [2.24, 2.45) is 0 Å². The highest BCUT2D eigenvalue weighted by Gasteiger charge is 2.38. The molecule has 1 amide bonds. The van der Waals surface area contributed by atoms with Gasteiger partial charge < -0.3 is 14.8 Å². The lowest BCUT2D eigenvalue weighted by Crippen LogP contribution is -2.26. The number of aryl methyl sites for hydroxylation is 1. The number of hydrogen-bond acceptors (Lipinski definition) is 4. The summed E-state index contributed by atoms with van der Waals surface area (Å²) in [5.74, 6) is 1.67. The second kappa shape index (κ2) is 8.23. The maximum atomic E-state index is 12.1. The standard InChI is InChI=1S/C25H27NO3S/c1-25(2)22-14-19(9-12-23(22)26-24(25)27)29-15-20(30)10-7-16-5-4-6-17-13-18(28-3)8-11-21(16)17/h4-6,8-9,11-14,20,30H,7,10,15H2,1-3H3,(H,26,27). The van der Waals surface area contributed by atoms with Gasteiger partial charge in [-0.3, -0.25) is 4.79 Å². The van der Waals surface area contributed by atoms with E-state index in [0.717, 1.165) is 35.6 Å². The van der Waals surface area contributed by atoms with Crippen LogP contribution >= 0.6 is 12.6 Å². The molecular formula is C25H27NO3S. The van der Waals surface area contributed by atoms with Crippen LogP contribution < -0.4 is 14.8 Å². The van der Waals surface area contributed by atoms with E-state index < -0.39 is 5.41 Å². The number of ether oxygens (including phenoxy) is 2. The minimum absolute atomic E-state index is 0.0226. The van der Waals surface area contributed by atoms with Crippen molar-refractivity contribution in [3.05, 3.63) is 65.7 Å². The number of thiol groups is 1. The highest BCUT2D eigenvalue weighted by Crippen LogP contribution is 2.39. The number of carbonyl (C=O) groups is 1. The molecule has 0 aromatic heterocycles. The van der Waals surface area contributed by atoms with Gasteiger partial charge in [0.05, 0.1) is 19.1 Å². The number of benzene rings is 3. The minimum Gasteiger partial charge on any atom is -0.497 e. The van der Waals surface area contributed by atoms with E-state index in [1.165, 1.54) is 16.3 Å². The summed E-state index contributed by atoms with van der Waals surface area (Å²) in [5, 5.41) is 5.46. The molecule has 0 fully saturated rings. The average Bonchev–Trinajstić information content (AvgIpc) is 2.98. The molecule has 30 heavy (non-hydrogen) atoms. The summed E-state index contributed by atoms with van der Waals surface area (Å²) in [6.45, 7) is 4.38. The second-order valence-electron chi connectivity index (χ2n) is 8.29. The molecule has 0 saturated carbocycles. The van der Waals surface area contributed by atoms with Crippen LogP contribution in [0, 0.1) is 0 Å². The molecule has 1 atom stereocenters. The first-order valence-electron chi connectivity index (χ1n) is 10.2. The summed E-state index contributed by atoms with van der Waals surface area (Å²) >= 11 is 4.73. The number of fused-ring (bicyclic) bond motifs is 2. The van der Waals surface area contributed by atoms with Crippen LogP contribution in [-0.2, 0) is 16.6 Å². The third-order valence-corrected chi connectivity index (χ3v) is 6.25. The molecule has 0 saturated heterocycles. The van der Waals surface area contributed by atoms with Gasteiger partial charge in [-0.2, -0.15) is 12.6 Å². The van der Waals surface area contributed by atoms with Gasteiger partial charge in [0, 0.05) is 10.9 Å². The zero-order chi connectivity index (χ0) is 21.3. The maximum Gasteiger partial charge on any atom is 0.234 e. The Kier molecular flexibility index (Phi) is 5.65. The molecule has 1 unspecified atom stereocenters. The predicted molar refractivity (Wildman–Crippen MR) is 125 cm³/mol. The van der Waals surface area contributed by atoms with Crippen molar-refractivity contribution in [2.75, 3.05) is 19.0 Å². The van der Waals surface area contributed by atoms with Crippen molar-refractivity contribution in [2.45, 2.75) is 37.4 Å². The number of anilines is 1. The zero-order valence-electron chi connectivity index (χ0n) is 17.6. The van der Waals surface area contributed by atoms with Gasteiger partial charge in [-0.05, 0) is 78.9 Å². The fraction of sp³-hybridized carbons (Fsp3) is 0.320. The van der Waals surface area contributed by atoms with Crippen molar-refractivity contribution >= 4 is 35.0 Å². The number of methoxy groups -OCH3 is 1. The van der Waals surface area contributed by atoms with E-state index in [1.54, 1.807) is 7.11 Å². The van der Waals surface area contributed by atoms with Gasteiger partial charge in [-0.15, -0.1) is 0 Å². The first-order valence-corrected chi connectivity index (χ1v) is 10.7. The molecule has 3 aromatic rings. The van der Waals surface area contributed by atoms with Gasteiger partial charge in [0.15, 0.2) is 0 Å². The molecule has 1 N–H and O–H groups in total. The Labute approximate surface area is 183 Å². The van der Waals surface area contributed by atoms with Crippen molar-refractivity contribution in [3.63, 3.8) is 0 Å². The molecule has 5 heteroatoms. The summed E-state index contributed by atoms with van der Waals surface area (Å²) < 4.78 is 11.3. The fourth-order valence-electron chi connectivity index (χ4n) is 3.91. The topological polar surface area (TPSA) is 47.6 Å². The molecule has 0 spiro atoms. The zero-order valence-corrected chi connectivity index (χ0v) is 18.5. The van der Waals surface area contributed by atoms with E-state index in [0.29, 0.717) is 6.61 Å². The largest absolute Gasteiger partial charge is 0.497 e. The SMILES string of the molecule is COc1ccc2c(CCC(S)COc3ccc4c(c3)C(C)(C)C(=O)N4)cccc2c1. The third-order valence-electron chi connectivity index (χ3n) is 5.85. The Morgan fingerprint density at radius 1 is 1.07 bits per heavy atom. The Morgan fingerprint density at radius 3 is 2.67 bits per heavy atom. The highest BCUT2D eigenvalue weighted by atomic mass is 32.1. The molecule has 156 valence electrons. The second-order valence-corrected chi connectivity index (χ2v) is 9.02. The summed E-state index contributed by atoms with van der Waals surface area (Å²) in [5.41, 5.74) is 2.61. The summed E-state index contributed by atoms with van der Waals surface area (Å²) in [7, 11) is 1.69. The quantitative estimate of drug-likeness (QED) is 0.503. The molecule has 4 rings (SSSR count). The smallest absolute Gasteiger partial charge is 0.234 e. The normalized spacial score (nSPS) is 15.5. The van der Waals surface area contributed by atoms with E-state index in [2.05, 4.69) is 35.6 Å². The van der Waals surface area contributed by atoms with Crippen molar-refractivity contribution in [1.29, 1.82) is 0 Å². The van der Waals surface area contributed by atoms with E-state index in [1.807, 2.05) is 38.1 Å². The molecule has 4 nitrogen and oxygen atoms in total. The van der Waals surface area contributed by atoms with E-state index in [-0.39, 0.29) is 11.2 Å². The summed E-state index contributed by atoms with van der Waals surface area (Å²) in [4.78, 5) is 12.1. The van der Waals surface area contributed by atoms with Gasteiger partial charge in [-0.25, -0.2) is 0 Å². The van der Waals surface area contributed by atoms with Crippen LogP contribution in [0.5, 0.6) is 11.5 Å². The molecule has 1 aliphatic heterocycles. The Balaban J connectivity index is 1.37. The van der Waals surface area contributed by atoms with E-state index in [4.69, 9.17) is 22.1 Å². The number of carbonyl (C=O) groups excluding carboxylic acids is 1. The molecule has 1 heterocycles. The fourth-order valence-corrected chi connectivity index (χ4v) is 4.12. The lowest BCUT2D eigenvalue weighted by molar-refractivity contribution is -0.119. The Hall–Kier alpha value is -2.66. The van der Waals surface area contributed by atoms with Crippen LogP contribution in [0.3, 0.4) is 0 Å². The Morgan fingerprint density at radius 2 is 1.87 bits per heavy atom. The number of nitrogens with one attached hydrogen (secondary N) is 1. The number of rotatable bonds is 7. The monoisotopic (exact) mass is 421 g/mol. The molecule has 0 radical (unpaired) electrons. The molecular weight excluding hydrogens is 394 g/mol. The number of hydrogen-bond donors (Lipinski definition) is 2. The molecule has 1 aliphatic rings. The first-order chi connectivity index (χ1) is 14.4. The third kappa shape index (κ3) is 3.99. The maximum absolute atomic E-state index is 12.1. The van der Waals surface area contributed by atoms with Gasteiger partial charge in [0.2, 0.25) is 5.91 Å². The van der Waals surface area contributed by atoms with Crippen molar-refractivity contribution in [3.8, 4) is 11.5 Å². The van der Waals surface area contributed by atoms with Crippen molar-refractivity contribution in [1.82, 2.24) is 0 Å². The minimum atomic E-state index is -0.536. The first kappa shape index (κ1) is 20.6. The van der Waals surface area contributed by atoms with Crippen LogP contribution in [0.2, 0.25) is 0 Å². The lowest BCUT2D eigenvalue weighted by atomic mass is 9.86. The van der Waals surface area contributed by atoms with Crippen LogP contribution in [0.15, 0.2) is 54.6 Å². The number of amides is 1. The molecule has 3 aromatic carbocycles. The van der Waals surface area contributed by atoms with Gasteiger partial charge >= 0.3 is 0 Å². The highest BCUT2D eigenvalue weighted by molar-refractivity contribution is 7.81. The van der Waals surface area contributed by atoms with Crippen molar-refractivity contribution < 1.29 is 14.3 Å². The predicted octanol–water partition coefficient (Wildman–Crippen LogP) is 5.39. The van der Waals surface area contributed by atoms with Crippen LogP contribution in [0.25, 0.3) is 10.8 Å². The van der Waals surface area contributed by atoms with Gasteiger partial charge in [0.1, 0.15) is 11.5 Å². The summed E-state index contributed by atoms with van der Waals surface area (Å²) in [6.07, 6.45) is 1.83. The Bertz CT molecular complexity index is 1090. The van der Waals surface area contributed by atoms with Crippen LogP contribution in [0.1, 0.15) is 31.4 Å². The van der Waals surface area contributed by atoms with E-state index >= 15 is 0 Å². The van der Waals surface area contributed by atoms with Gasteiger partial charge in [-0.1, -0.05) is 24.3 Å². The molecule has 0 bridgehead atoms. The van der Waals surface area contributed by atoms with Gasteiger partial charge in [0.25, 0.3) is 0 Å². The average molecular weight is 422 g/mol. The van der Waals surface area contributed by atoms with Crippen LogP contribution in [-0.4, -0.2) is 24.9 Å². The van der Waals surface area contributed by atoms with Crippen LogP contribution in [0.4, 0.5) is 5.69 Å². The summed E-state index contributed by atoms with van der Waals surface area (Å²) in [6, 6.07) is 18.3. The molecule has 0 aliphatic carbocycles. The van der Waals surface area contributed by atoms with E-state index in [9.17, 15) is 4.79 Å².